The third kappa shape index (κ3) is 3.45. The van der Waals surface area contributed by atoms with Crippen LogP contribution in [0, 0.1) is 0 Å². The van der Waals surface area contributed by atoms with E-state index in [9.17, 15) is 9.59 Å². The van der Waals surface area contributed by atoms with Crippen LogP contribution < -0.4 is 15.5 Å². The van der Waals surface area contributed by atoms with Crippen LogP contribution in [0.1, 0.15) is 31.1 Å². The van der Waals surface area contributed by atoms with Crippen molar-refractivity contribution in [2.75, 3.05) is 11.9 Å². The monoisotopic (exact) mass is 264 g/mol. The number of fused-ring (bicyclic) bond motifs is 1. The van der Waals surface area contributed by atoms with Gasteiger partial charge in [0.05, 0.1) is 11.3 Å². The molecule has 1 aliphatic rings. The molecule has 0 atom stereocenters. The molecule has 0 saturated carbocycles. The van der Waals surface area contributed by atoms with Gasteiger partial charge in [0.1, 0.15) is 5.75 Å². The minimum atomic E-state index is -0.464. The van der Waals surface area contributed by atoms with E-state index in [0.717, 1.165) is 0 Å². The Kier molecular flexibility index (Phi) is 3.44. The van der Waals surface area contributed by atoms with Gasteiger partial charge in [-0.15, -0.1) is 0 Å². The highest BCUT2D eigenvalue weighted by molar-refractivity contribution is 5.98. The second-order valence-electron chi connectivity index (χ2n) is 5.19. The van der Waals surface area contributed by atoms with Crippen LogP contribution in [0.3, 0.4) is 0 Å². The standard InChI is InChI=1S/C13H16N2O4/c1-13(2,3)19-15-12(17)8-4-5-9-10(6-8)18-7-11(16)14-9/h4-6H,7H2,1-3H3,(H,14,16)(H,15,17). The summed E-state index contributed by atoms with van der Waals surface area (Å²) in [6.07, 6.45) is 0. The van der Waals surface area contributed by atoms with Crippen LogP contribution in [0.2, 0.25) is 0 Å². The number of nitrogens with one attached hydrogen (secondary N) is 2. The number of carbonyl (C=O) groups is 2. The van der Waals surface area contributed by atoms with Gasteiger partial charge in [0.2, 0.25) is 0 Å². The van der Waals surface area contributed by atoms with E-state index in [4.69, 9.17) is 9.57 Å². The number of hydrogen-bond acceptors (Lipinski definition) is 4. The predicted octanol–water partition coefficient (Wildman–Crippen LogP) is 1.48. The number of amides is 2. The van der Waals surface area contributed by atoms with Gasteiger partial charge in [0, 0.05) is 5.56 Å². The van der Waals surface area contributed by atoms with E-state index in [0.29, 0.717) is 17.0 Å². The fourth-order valence-corrected chi connectivity index (χ4v) is 1.47. The molecule has 2 N–H and O–H groups in total. The zero-order chi connectivity index (χ0) is 14.0. The van der Waals surface area contributed by atoms with Crippen LogP contribution in [0.4, 0.5) is 5.69 Å². The van der Waals surface area contributed by atoms with Crippen molar-refractivity contribution in [2.45, 2.75) is 26.4 Å². The van der Waals surface area contributed by atoms with Gasteiger partial charge in [-0.25, -0.2) is 5.48 Å². The van der Waals surface area contributed by atoms with E-state index in [1.165, 1.54) is 0 Å². The number of benzene rings is 1. The topological polar surface area (TPSA) is 76.7 Å². The molecule has 19 heavy (non-hydrogen) atoms. The number of anilines is 1. The Balaban J connectivity index is 2.09. The quantitative estimate of drug-likeness (QED) is 0.793. The minimum Gasteiger partial charge on any atom is -0.482 e. The van der Waals surface area contributed by atoms with Crippen molar-refractivity contribution in [3.05, 3.63) is 23.8 Å². The zero-order valence-electron chi connectivity index (χ0n) is 11.1. The smallest absolute Gasteiger partial charge is 0.274 e. The first-order valence-corrected chi connectivity index (χ1v) is 5.90. The SMILES string of the molecule is CC(C)(C)ONC(=O)c1ccc2c(c1)OCC(=O)N2. The van der Waals surface area contributed by atoms with Gasteiger partial charge in [-0.3, -0.25) is 14.4 Å². The highest BCUT2D eigenvalue weighted by atomic mass is 16.7. The molecule has 6 heteroatoms. The lowest BCUT2D eigenvalue weighted by Crippen LogP contribution is -2.33. The maximum absolute atomic E-state index is 11.9. The van der Waals surface area contributed by atoms with Gasteiger partial charge >= 0.3 is 0 Å². The first-order valence-electron chi connectivity index (χ1n) is 5.90. The summed E-state index contributed by atoms with van der Waals surface area (Å²) in [6.45, 7) is 5.45. The molecule has 0 radical (unpaired) electrons. The summed E-state index contributed by atoms with van der Waals surface area (Å²) in [5, 5.41) is 2.66. The lowest BCUT2D eigenvalue weighted by atomic mass is 10.1. The van der Waals surface area contributed by atoms with Gasteiger partial charge in [-0.05, 0) is 39.0 Å². The summed E-state index contributed by atoms with van der Waals surface area (Å²) in [7, 11) is 0. The Bertz CT molecular complexity index is 520. The number of ether oxygens (including phenoxy) is 1. The Labute approximate surface area is 111 Å². The van der Waals surface area contributed by atoms with Crippen LogP contribution in [-0.2, 0) is 9.63 Å². The highest BCUT2D eigenvalue weighted by Crippen LogP contribution is 2.28. The first kappa shape index (κ1) is 13.4. The average Bonchev–Trinajstić information content (AvgIpc) is 2.34. The van der Waals surface area contributed by atoms with Gasteiger partial charge in [-0.2, -0.15) is 0 Å². The second-order valence-corrected chi connectivity index (χ2v) is 5.19. The summed E-state index contributed by atoms with van der Waals surface area (Å²) >= 11 is 0. The average molecular weight is 264 g/mol. The molecule has 6 nitrogen and oxygen atoms in total. The molecule has 1 aromatic rings. The fourth-order valence-electron chi connectivity index (χ4n) is 1.47. The van der Waals surface area contributed by atoms with E-state index < -0.39 is 5.60 Å². The fraction of sp³-hybridized carbons (Fsp3) is 0.385. The van der Waals surface area contributed by atoms with Crippen molar-refractivity contribution >= 4 is 17.5 Å². The largest absolute Gasteiger partial charge is 0.482 e. The third-order valence-corrected chi connectivity index (χ3v) is 2.33. The Hall–Kier alpha value is -2.08. The number of carbonyl (C=O) groups excluding carboxylic acids is 2. The molecule has 0 aliphatic carbocycles. The number of hydroxylamine groups is 1. The molecule has 0 fully saturated rings. The van der Waals surface area contributed by atoms with Gasteiger partial charge < -0.3 is 10.1 Å². The van der Waals surface area contributed by atoms with E-state index in [2.05, 4.69) is 10.8 Å². The van der Waals surface area contributed by atoms with Gasteiger partial charge in [-0.1, -0.05) is 0 Å². The van der Waals surface area contributed by atoms with Crippen LogP contribution in [-0.4, -0.2) is 24.0 Å². The van der Waals surface area contributed by atoms with Crippen molar-refractivity contribution in [1.82, 2.24) is 5.48 Å². The first-order chi connectivity index (χ1) is 8.85. The van der Waals surface area contributed by atoms with E-state index in [1.807, 2.05) is 20.8 Å². The van der Waals surface area contributed by atoms with Crippen molar-refractivity contribution in [3.63, 3.8) is 0 Å². The number of hydrogen-bond donors (Lipinski definition) is 2. The molecule has 1 aromatic carbocycles. The molecule has 0 saturated heterocycles. The van der Waals surface area contributed by atoms with Crippen LogP contribution >= 0.6 is 0 Å². The molecule has 0 spiro atoms. The Morgan fingerprint density at radius 3 is 2.84 bits per heavy atom. The maximum Gasteiger partial charge on any atom is 0.274 e. The van der Waals surface area contributed by atoms with Crippen LogP contribution in [0.15, 0.2) is 18.2 Å². The highest BCUT2D eigenvalue weighted by Gasteiger charge is 2.19. The summed E-state index contributed by atoms with van der Waals surface area (Å²) in [5.74, 6) is -0.0954. The summed E-state index contributed by atoms with van der Waals surface area (Å²) in [4.78, 5) is 28.2. The van der Waals surface area contributed by atoms with Gasteiger partial charge in [0.15, 0.2) is 6.61 Å². The lowest BCUT2D eigenvalue weighted by molar-refractivity contribution is -0.118. The normalized spacial score (nSPS) is 14.2. The van der Waals surface area contributed by atoms with Crippen molar-refractivity contribution in [3.8, 4) is 5.75 Å². The van der Waals surface area contributed by atoms with Crippen molar-refractivity contribution < 1.29 is 19.2 Å². The maximum atomic E-state index is 11.9. The summed E-state index contributed by atoms with van der Waals surface area (Å²) < 4.78 is 5.24. The second kappa shape index (κ2) is 4.89. The van der Waals surface area contributed by atoms with Crippen LogP contribution in [0.25, 0.3) is 0 Å². The number of rotatable bonds is 2. The molecule has 1 heterocycles. The molecule has 2 rings (SSSR count). The van der Waals surface area contributed by atoms with E-state index in [1.54, 1.807) is 18.2 Å². The molecular formula is C13H16N2O4. The van der Waals surface area contributed by atoms with Crippen LogP contribution in [0.5, 0.6) is 5.75 Å². The Morgan fingerprint density at radius 1 is 1.42 bits per heavy atom. The Morgan fingerprint density at radius 2 is 2.16 bits per heavy atom. The summed E-state index contributed by atoms with van der Waals surface area (Å²) in [5.41, 5.74) is 2.87. The third-order valence-electron chi connectivity index (χ3n) is 2.33. The van der Waals surface area contributed by atoms with E-state index in [-0.39, 0.29) is 18.4 Å². The minimum absolute atomic E-state index is 0.0451. The molecule has 2 amide bonds. The molecule has 0 unspecified atom stereocenters. The van der Waals surface area contributed by atoms with Crippen molar-refractivity contribution in [2.24, 2.45) is 0 Å². The molecule has 0 bridgehead atoms. The van der Waals surface area contributed by atoms with Gasteiger partial charge in [0.25, 0.3) is 11.8 Å². The predicted molar refractivity (Wildman–Crippen MR) is 68.9 cm³/mol. The summed E-state index contributed by atoms with van der Waals surface area (Å²) in [6, 6.07) is 4.78. The zero-order valence-corrected chi connectivity index (χ0v) is 11.1. The molecular weight excluding hydrogens is 248 g/mol. The molecule has 102 valence electrons. The van der Waals surface area contributed by atoms with Crippen molar-refractivity contribution in [1.29, 1.82) is 0 Å². The molecule has 0 aromatic heterocycles. The van der Waals surface area contributed by atoms with E-state index >= 15 is 0 Å². The lowest BCUT2D eigenvalue weighted by Gasteiger charge is -2.20. The molecule has 1 aliphatic heterocycles.